The van der Waals surface area contributed by atoms with Gasteiger partial charge in [0.05, 0.1) is 0 Å². The van der Waals surface area contributed by atoms with Crippen LogP contribution in [0.5, 0.6) is 0 Å². The van der Waals surface area contributed by atoms with Crippen molar-refractivity contribution in [3.8, 4) is 0 Å². The number of carbonyl (C=O) groups excluding carboxylic acids is 3. The van der Waals surface area contributed by atoms with Crippen molar-refractivity contribution < 1.29 is 29.0 Å². The van der Waals surface area contributed by atoms with Gasteiger partial charge in [-0.25, -0.2) is 4.79 Å². The number of benzene rings is 2. The van der Waals surface area contributed by atoms with Crippen molar-refractivity contribution in [2.24, 2.45) is 0 Å². The third-order valence-corrected chi connectivity index (χ3v) is 6.70. The summed E-state index contributed by atoms with van der Waals surface area (Å²) in [6, 6.07) is 13.5. The van der Waals surface area contributed by atoms with E-state index in [1.807, 2.05) is 32.0 Å². The molecule has 1 aliphatic carbocycles. The zero-order valence-corrected chi connectivity index (χ0v) is 22.8. The Labute approximate surface area is 223 Å². The molecule has 1 unspecified atom stereocenters. The van der Waals surface area contributed by atoms with Gasteiger partial charge in [0.15, 0.2) is 11.4 Å². The lowest BCUT2D eigenvalue weighted by Crippen LogP contribution is -2.45. The van der Waals surface area contributed by atoms with Crippen molar-refractivity contribution in [1.29, 1.82) is 0 Å². The van der Waals surface area contributed by atoms with E-state index in [-0.39, 0.29) is 17.8 Å². The first kappa shape index (κ1) is 27.4. The molecule has 1 heterocycles. The summed E-state index contributed by atoms with van der Waals surface area (Å²) in [4.78, 5) is 38.1. The maximum absolute atomic E-state index is 13.6. The number of carbonyl (C=O) groups is 3. The van der Waals surface area contributed by atoms with E-state index in [4.69, 9.17) is 9.47 Å². The van der Waals surface area contributed by atoms with E-state index >= 15 is 0 Å². The van der Waals surface area contributed by atoms with Crippen LogP contribution < -0.4 is 10.6 Å². The van der Waals surface area contributed by atoms with E-state index in [2.05, 4.69) is 10.6 Å². The molecule has 0 spiro atoms. The van der Waals surface area contributed by atoms with Crippen molar-refractivity contribution in [3.63, 3.8) is 0 Å². The summed E-state index contributed by atoms with van der Waals surface area (Å²) in [6.07, 6.45) is 0.628. The SMILES string of the molecule is C[C@H](NC(=O)OC(C)(C)C)C(=O)Nc1ccc(CC2(O)C(=O)C3=C(OC(C)(C)CC3)c3ccccc32)cc1. The summed E-state index contributed by atoms with van der Waals surface area (Å²) in [7, 11) is 0. The number of anilines is 1. The Hall–Kier alpha value is -3.65. The van der Waals surface area contributed by atoms with Crippen molar-refractivity contribution in [2.75, 3.05) is 5.32 Å². The number of rotatable bonds is 5. The Bertz CT molecular complexity index is 1290. The summed E-state index contributed by atoms with van der Waals surface area (Å²) in [6.45, 7) is 10.8. The highest BCUT2D eigenvalue weighted by Gasteiger charge is 2.48. The third kappa shape index (κ3) is 5.75. The fourth-order valence-corrected chi connectivity index (χ4v) is 4.75. The predicted molar refractivity (Wildman–Crippen MR) is 144 cm³/mol. The second-order valence-electron chi connectivity index (χ2n) is 11.6. The zero-order chi connectivity index (χ0) is 27.9. The Morgan fingerprint density at radius 1 is 1.11 bits per heavy atom. The van der Waals surface area contributed by atoms with E-state index in [9.17, 15) is 19.5 Å². The molecule has 0 fully saturated rings. The highest BCUT2D eigenvalue weighted by atomic mass is 16.6. The van der Waals surface area contributed by atoms with Gasteiger partial charge in [0.25, 0.3) is 0 Å². The summed E-state index contributed by atoms with van der Waals surface area (Å²) >= 11 is 0. The van der Waals surface area contributed by atoms with Crippen LogP contribution in [0.25, 0.3) is 5.76 Å². The first-order valence-corrected chi connectivity index (χ1v) is 12.9. The maximum atomic E-state index is 13.6. The topological polar surface area (TPSA) is 114 Å². The summed E-state index contributed by atoms with van der Waals surface area (Å²) < 4.78 is 11.4. The van der Waals surface area contributed by atoms with Gasteiger partial charge in [-0.2, -0.15) is 0 Å². The van der Waals surface area contributed by atoms with Crippen molar-refractivity contribution >= 4 is 29.2 Å². The maximum Gasteiger partial charge on any atom is 0.408 e. The molecule has 0 bridgehead atoms. The molecule has 4 rings (SSSR count). The Kier molecular flexibility index (Phi) is 7.14. The van der Waals surface area contributed by atoms with Crippen LogP contribution in [0, 0.1) is 0 Å². The van der Waals surface area contributed by atoms with Crippen LogP contribution in [0.2, 0.25) is 0 Å². The zero-order valence-electron chi connectivity index (χ0n) is 22.8. The highest BCUT2D eigenvalue weighted by molar-refractivity contribution is 6.10. The quantitative estimate of drug-likeness (QED) is 0.519. The molecule has 2 atom stereocenters. The molecule has 202 valence electrons. The van der Waals surface area contributed by atoms with Gasteiger partial charge in [0.1, 0.15) is 23.0 Å². The third-order valence-electron chi connectivity index (χ3n) is 6.70. The largest absolute Gasteiger partial charge is 0.487 e. The normalized spacial score (nSPS) is 21.0. The van der Waals surface area contributed by atoms with Crippen LogP contribution >= 0.6 is 0 Å². The van der Waals surface area contributed by atoms with Gasteiger partial charge in [-0.05, 0) is 72.1 Å². The van der Waals surface area contributed by atoms with Gasteiger partial charge < -0.3 is 25.2 Å². The van der Waals surface area contributed by atoms with Crippen LogP contribution in [0.3, 0.4) is 0 Å². The molecule has 38 heavy (non-hydrogen) atoms. The van der Waals surface area contributed by atoms with Crippen LogP contribution in [0.1, 0.15) is 71.1 Å². The van der Waals surface area contributed by atoms with E-state index < -0.39 is 29.2 Å². The molecule has 0 saturated carbocycles. The molecule has 8 heteroatoms. The lowest BCUT2D eigenvalue weighted by atomic mass is 9.72. The molecule has 2 aliphatic rings. The molecule has 2 aromatic carbocycles. The molecular formula is C30H36N2O6. The van der Waals surface area contributed by atoms with Gasteiger partial charge in [0.2, 0.25) is 5.91 Å². The molecule has 0 radical (unpaired) electrons. The predicted octanol–water partition coefficient (Wildman–Crippen LogP) is 4.85. The molecule has 2 amide bonds. The van der Waals surface area contributed by atoms with Gasteiger partial charge in [-0.1, -0.05) is 36.4 Å². The molecule has 2 aromatic rings. The summed E-state index contributed by atoms with van der Waals surface area (Å²) in [5.74, 6) is -0.168. The fourth-order valence-electron chi connectivity index (χ4n) is 4.75. The number of Topliss-reactive ketones (excluding diaryl/α,β-unsaturated/α-hetero) is 1. The second kappa shape index (κ2) is 9.91. The Balaban J connectivity index is 1.49. The summed E-state index contributed by atoms with van der Waals surface area (Å²) in [5.41, 5.74) is 0.272. The van der Waals surface area contributed by atoms with Gasteiger partial charge in [-0.3, -0.25) is 9.59 Å². The molecule has 1 aliphatic heterocycles. The number of alkyl carbamates (subject to hydrolysis) is 1. The minimum Gasteiger partial charge on any atom is -0.487 e. The van der Waals surface area contributed by atoms with E-state index in [0.717, 1.165) is 11.1 Å². The average Bonchev–Trinajstić information content (AvgIpc) is 2.82. The van der Waals surface area contributed by atoms with E-state index in [1.165, 1.54) is 0 Å². The Morgan fingerprint density at radius 2 is 1.76 bits per heavy atom. The standard InChI is InChI=1S/C30H36N2O6/c1-18(31-27(35)38-28(2,3)4)26(34)32-20-13-11-19(12-14-20)17-30(36)23-10-8-7-9-21(23)24-22(25(30)33)15-16-29(5,6)37-24/h7-14,18,36H,15-17H2,1-6H3,(H,31,35)(H,32,34)/t18-,30?/m0/s1. The number of fused-ring (bicyclic) bond motifs is 2. The number of ketones is 1. The van der Waals surface area contributed by atoms with Crippen LogP contribution in [-0.2, 0) is 31.1 Å². The van der Waals surface area contributed by atoms with Crippen LogP contribution in [-0.4, -0.2) is 40.1 Å². The lowest BCUT2D eigenvalue weighted by molar-refractivity contribution is -0.135. The first-order chi connectivity index (χ1) is 17.7. The van der Waals surface area contributed by atoms with Crippen molar-refractivity contribution in [1.82, 2.24) is 5.32 Å². The summed E-state index contributed by atoms with van der Waals surface area (Å²) in [5, 5.41) is 17.1. The average molecular weight is 521 g/mol. The Morgan fingerprint density at radius 3 is 2.42 bits per heavy atom. The number of ether oxygens (including phenoxy) is 2. The number of nitrogens with one attached hydrogen (secondary N) is 2. The number of hydrogen-bond acceptors (Lipinski definition) is 6. The minimum absolute atomic E-state index is 0.0772. The molecular weight excluding hydrogens is 484 g/mol. The van der Waals surface area contributed by atoms with Crippen molar-refractivity contribution in [3.05, 3.63) is 70.8 Å². The minimum atomic E-state index is -1.73. The second-order valence-corrected chi connectivity index (χ2v) is 11.6. The molecule has 0 aromatic heterocycles. The number of aliphatic hydroxyl groups is 1. The van der Waals surface area contributed by atoms with Crippen LogP contribution in [0.15, 0.2) is 54.1 Å². The molecule has 0 saturated heterocycles. The van der Waals surface area contributed by atoms with Gasteiger partial charge in [-0.15, -0.1) is 0 Å². The van der Waals surface area contributed by atoms with Gasteiger partial charge in [0, 0.05) is 28.8 Å². The smallest absolute Gasteiger partial charge is 0.408 e. The molecule has 8 nitrogen and oxygen atoms in total. The van der Waals surface area contributed by atoms with E-state index in [1.54, 1.807) is 58.0 Å². The van der Waals surface area contributed by atoms with Gasteiger partial charge >= 0.3 is 6.09 Å². The highest BCUT2D eigenvalue weighted by Crippen LogP contribution is 2.47. The lowest BCUT2D eigenvalue weighted by Gasteiger charge is -2.41. The van der Waals surface area contributed by atoms with Crippen molar-refractivity contribution in [2.45, 2.75) is 83.6 Å². The first-order valence-electron chi connectivity index (χ1n) is 12.9. The monoisotopic (exact) mass is 520 g/mol. The van der Waals surface area contributed by atoms with E-state index in [0.29, 0.717) is 35.4 Å². The van der Waals surface area contributed by atoms with Crippen LogP contribution in [0.4, 0.5) is 10.5 Å². The molecule has 3 N–H and O–H groups in total. The fraction of sp³-hybridized carbons (Fsp3) is 0.433. The number of amides is 2. The number of hydrogen-bond donors (Lipinski definition) is 3.